The van der Waals surface area contributed by atoms with Crippen molar-refractivity contribution in [3.63, 3.8) is 0 Å². The van der Waals surface area contributed by atoms with Gasteiger partial charge >= 0.3 is 5.97 Å². The molecule has 4 heteroatoms. The van der Waals surface area contributed by atoms with E-state index in [1.165, 1.54) is 13.2 Å². The average Bonchev–Trinajstić information content (AvgIpc) is 2.40. The fourth-order valence-electron chi connectivity index (χ4n) is 2.87. The Morgan fingerprint density at radius 2 is 1.95 bits per heavy atom. The highest BCUT2D eigenvalue weighted by Crippen LogP contribution is 2.41. The summed E-state index contributed by atoms with van der Waals surface area (Å²) < 4.78 is 4.69. The van der Waals surface area contributed by atoms with Crippen LogP contribution in [0.25, 0.3) is 0 Å². The molecule has 0 heterocycles. The molecule has 0 amide bonds. The number of rotatable bonds is 3. The third-order valence-corrected chi connectivity index (χ3v) is 3.98. The predicted molar refractivity (Wildman–Crippen MR) is 71.1 cm³/mol. The first kappa shape index (κ1) is 13.7. The first-order chi connectivity index (χ1) is 9.10. The zero-order chi connectivity index (χ0) is 13.8. The van der Waals surface area contributed by atoms with E-state index in [4.69, 9.17) is 4.74 Å². The van der Waals surface area contributed by atoms with Gasteiger partial charge in [-0.25, -0.2) is 0 Å². The minimum absolute atomic E-state index is 0.0839. The lowest BCUT2D eigenvalue weighted by atomic mass is 9.77. The maximum absolute atomic E-state index is 11.2. The molecule has 1 aliphatic carbocycles. The number of ether oxygens (including phenoxy) is 1. The maximum atomic E-state index is 11.2. The summed E-state index contributed by atoms with van der Waals surface area (Å²) in [7, 11) is 1.42. The lowest BCUT2D eigenvalue weighted by Crippen LogP contribution is -2.17. The highest BCUT2D eigenvalue weighted by atomic mass is 16.5. The van der Waals surface area contributed by atoms with Crippen molar-refractivity contribution in [2.45, 2.75) is 38.0 Å². The van der Waals surface area contributed by atoms with Crippen molar-refractivity contribution >= 4 is 5.97 Å². The number of benzene rings is 1. The van der Waals surface area contributed by atoms with Gasteiger partial charge in [0.15, 0.2) is 0 Å². The van der Waals surface area contributed by atoms with Crippen LogP contribution in [-0.2, 0) is 9.53 Å². The number of methoxy groups -OCH3 is 1. The SMILES string of the molecule is COC(=O)CC1CCC(c2ccc(O)cc2O)CC1. The molecule has 0 atom stereocenters. The van der Waals surface area contributed by atoms with Gasteiger partial charge in [-0.2, -0.15) is 0 Å². The van der Waals surface area contributed by atoms with Gasteiger partial charge in [-0.05, 0) is 49.1 Å². The van der Waals surface area contributed by atoms with Gasteiger partial charge in [0, 0.05) is 12.5 Å². The molecule has 0 bridgehead atoms. The van der Waals surface area contributed by atoms with Gasteiger partial charge in [0.2, 0.25) is 0 Å². The Kier molecular flexibility index (Phi) is 4.30. The molecule has 0 spiro atoms. The number of phenols is 2. The molecule has 1 aromatic carbocycles. The van der Waals surface area contributed by atoms with E-state index in [2.05, 4.69) is 0 Å². The molecule has 0 aliphatic heterocycles. The first-order valence-electron chi connectivity index (χ1n) is 6.69. The molecule has 2 N–H and O–H groups in total. The maximum Gasteiger partial charge on any atom is 0.305 e. The number of aromatic hydroxyl groups is 2. The first-order valence-corrected chi connectivity index (χ1v) is 6.69. The average molecular weight is 264 g/mol. The van der Waals surface area contributed by atoms with Crippen molar-refractivity contribution in [3.05, 3.63) is 23.8 Å². The van der Waals surface area contributed by atoms with Gasteiger partial charge in [0.25, 0.3) is 0 Å². The topological polar surface area (TPSA) is 66.8 Å². The standard InChI is InChI=1S/C15H20O4/c1-19-15(18)8-10-2-4-11(5-3-10)13-7-6-12(16)9-14(13)17/h6-7,9-11,16-17H,2-5,8H2,1H3. The van der Waals surface area contributed by atoms with Crippen LogP contribution in [0.1, 0.15) is 43.6 Å². The van der Waals surface area contributed by atoms with E-state index >= 15 is 0 Å². The van der Waals surface area contributed by atoms with E-state index in [1.54, 1.807) is 12.1 Å². The zero-order valence-corrected chi connectivity index (χ0v) is 11.1. The van der Waals surface area contributed by atoms with Crippen LogP contribution in [-0.4, -0.2) is 23.3 Å². The van der Waals surface area contributed by atoms with Gasteiger partial charge in [0.1, 0.15) is 11.5 Å². The van der Waals surface area contributed by atoms with E-state index in [9.17, 15) is 15.0 Å². The molecular formula is C15H20O4. The van der Waals surface area contributed by atoms with Gasteiger partial charge in [0.05, 0.1) is 7.11 Å². The molecule has 0 aromatic heterocycles. The number of phenolic OH excluding ortho intramolecular Hbond substituents is 2. The van der Waals surface area contributed by atoms with Crippen molar-refractivity contribution in [2.24, 2.45) is 5.92 Å². The summed E-state index contributed by atoms with van der Waals surface area (Å²) in [5.41, 5.74) is 0.898. The number of carbonyl (C=O) groups is 1. The third kappa shape index (κ3) is 3.40. The summed E-state index contributed by atoms with van der Waals surface area (Å²) in [4.78, 5) is 11.2. The summed E-state index contributed by atoms with van der Waals surface area (Å²) in [5, 5.41) is 19.2. The Balaban J connectivity index is 1.94. The summed E-state index contributed by atoms with van der Waals surface area (Å²) in [6.07, 6.45) is 4.35. The molecule has 0 radical (unpaired) electrons. The number of hydrogen-bond donors (Lipinski definition) is 2. The van der Waals surface area contributed by atoms with Gasteiger partial charge in [-0.3, -0.25) is 4.79 Å². The Hall–Kier alpha value is -1.71. The second-order valence-electron chi connectivity index (χ2n) is 5.24. The molecule has 1 saturated carbocycles. The van der Waals surface area contributed by atoms with Gasteiger partial charge < -0.3 is 14.9 Å². The van der Waals surface area contributed by atoms with Crippen molar-refractivity contribution in [1.82, 2.24) is 0 Å². The minimum atomic E-state index is -0.143. The molecule has 104 valence electrons. The molecule has 1 fully saturated rings. The molecule has 4 nitrogen and oxygen atoms in total. The lowest BCUT2D eigenvalue weighted by Gasteiger charge is -2.28. The van der Waals surface area contributed by atoms with E-state index in [0.717, 1.165) is 31.2 Å². The number of esters is 1. The molecule has 0 saturated heterocycles. The van der Waals surface area contributed by atoms with Crippen LogP contribution in [0.4, 0.5) is 0 Å². The lowest BCUT2D eigenvalue weighted by molar-refractivity contribution is -0.142. The van der Waals surface area contributed by atoms with Crippen molar-refractivity contribution in [1.29, 1.82) is 0 Å². The second kappa shape index (κ2) is 5.95. The summed E-state index contributed by atoms with van der Waals surface area (Å²) in [6.45, 7) is 0. The molecule has 2 rings (SSSR count). The van der Waals surface area contributed by atoms with Gasteiger partial charge in [-0.1, -0.05) is 6.07 Å². The third-order valence-electron chi connectivity index (χ3n) is 3.98. The minimum Gasteiger partial charge on any atom is -0.508 e. The van der Waals surface area contributed by atoms with Crippen LogP contribution >= 0.6 is 0 Å². The molecule has 1 aliphatic rings. The summed E-state index contributed by atoms with van der Waals surface area (Å²) in [5.74, 6) is 0.811. The molecular weight excluding hydrogens is 244 g/mol. The monoisotopic (exact) mass is 264 g/mol. The fourth-order valence-corrected chi connectivity index (χ4v) is 2.87. The van der Waals surface area contributed by atoms with Crippen LogP contribution in [0, 0.1) is 5.92 Å². The van der Waals surface area contributed by atoms with Gasteiger partial charge in [-0.15, -0.1) is 0 Å². The normalized spacial score (nSPS) is 23.0. The van der Waals surface area contributed by atoms with Crippen molar-refractivity contribution in [3.8, 4) is 11.5 Å². The Morgan fingerprint density at radius 3 is 2.53 bits per heavy atom. The Labute approximate surface area is 113 Å². The van der Waals surface area contributed by atoms with Crippen molar-refractivity contribution in [2.75, 3.05) is 7.11 Å². The van der Waals surface area contributed by atoms with Crippen LogP contribution < -0.4 is 0 Å². The quantitative estimate of drug-likeness (QED) is 0.824. The second-order valence-corrected chi connectivity index (χ2v) is 5.24. The molecule has 19 heavy (non-hydrogen) atoms. The van der Waals surface area contributed by atoms with E-state index < -0.39 is 0 Å². The Morgan fingerprint density at radius 1 is 1.26 bits per heavy atom. The fraction of sp³-hybridized carbons (Fsp3) is 0.533. The number of hydrogen-bond acceptors (Lipinski definition) is 4. The summed E-state index contributed by atoms with van der Waals surface area (Å²) in [6, 6.07) is 4.78. The van der Waals surface area contributed by atoms with E-state index in [1.807, 2.05) is 0 Å². The van der Waals surface area contributed by atoms with Crippen LogP contribution in [0.2, 0.25) is 0 Å². The van der Waals surface area contributed by atoms with E-state index in [0.29, 0.717) is 18.3 Å². The highest BCUT2D eigenvalue weighted by molar-refractivity contribution is 5.69. The highest BCUT2D eigenvalue weighted by Gasteiger charge is 2.25. The smallest absolute Gasteiger partial charge is 0.305 e. The molecule has 1 aromatic rings. The predicted octanol–water partition coefficient (Wildman–Crippen LogP) is 2.93. The van der Waals surface area contributed by atoms with Crippen molar-refractivity contribution < 1.29 is 19.7 Å². The van der Waals surface area contributed by atoms with E-state index in [-0.39, 0.29) is 17.5 Å². The Bertz CT molecular complexity index is 447. The van der Waals surface area contributed by atoms with Crippen LogP contribution in [0.15, 0.2) is 18.2 Å². The van der Waals surface area contributed by atoms with Crippen LogP contribution in [0.3, 0.4) is 0 Å². The number of carbonyl (C=O) groups excluding carboxylic acids is 1. The van der Waals surface area contributed by atoms with Crippen LogP contribution in [0.5, 0.6) is 11.5 Å². The largest absolute Gasteiger partial charge is 0.508 e. The zero-order valence-electron chi connectivity index (χ0n) is 11.1. The summed E-state index contributed by atoms with van der Waals surface area (Å²) >= 11 is 0. The molecule has 0 unspecified atom stereocenters.